The first kappa shape index (κ1) is 20.8. The predicted molar refractivity (Wildman–Crippen MR) is 120 cm³/mol. The van der Waals surface area contributed by atoms with Crippen LogP contribution < -0.4 is 5.32 Å². The van der Waals surface area contributed by atoms with Crippen molar-refractivity contribution in [1.82, 2.24) is 19.5 Å². The topological polar surface area (TPSA) is 108 Å². The number of anilines is 1. The van der Waals surface area contributed by atoms with Crippen LogP contribution in [0.4, 0.5) is 5.82 Å². The number of esters is 1. The highest BCUT2D eigenvalue weighted by molar-refractivity contribution is 6.06. The molecule has 2 aromatic heterocycles. The minimum atomic E-state index is -0.606. The van der Waals surface area contributed by atoms with Gasteiger partial charge in [-0.2, -0.15) is 0 Å². The third-order valence-corrected chi connectivity index (χ3v) is 5.53. The van der Waals surface area contributed by atoms with Gasteiger partial charge < -0.3 is 14.8 Å². The van der Waals surface area contributed by atoms with Gasteiger partial charge in [0.2, 0.25) is 0 Å². The lowest BCUT2D eigenvalue weighted by Gasteiger charge is -2.22. The predicted octanol–water partition coefficient (Wildman–Crippen LogP) is 3.47. The van der Waals surface area contributed by atoms with E-state index in [4.69, 9.17) is 9.47 Å². The number of amides is 1. The van der Waals surface area contributed by atoms with E-state index < -0.39 is 18.3 Å². The zero-order valence-corrected chi connectivity index (χ0v) is 17.8. The summed E-state index contributed by atoms with van der Waals surface area (Å²) in [5, 5.41) is 2.79. The molecule has 0 unspecified atom stereocenters. The van der Waals surface area contributed by atoms with E-state index in [1.54, 1.807) is 59.4 Å². The van der Waals surface area contributed by atoms with E-state index in [9.17, 15) is 9.59 Å². The van der Waals surface area contributed by atoms with Crippen molar-refractivity contribution in [3.63, 3.8) is 0 Å². The SMILES string of the molecule is C[C@H]1CO[C@@H](n2cnc3c(NC(=O)c4ccccc4)ncnc32)[C@@H]1OC(=O)c1ccccc1. The smallest absolute Gasteiger partial charge is 0.338 e. The molecule has 0 spiro atoms. The zero-order valence-electron chi connectivity index (χ0n) is 17.8. The summed E-state index contributed by atoms with van der Waals surface area (Å²) >= 11 is 0. The van der Waals surface area contributed by atoms with Gasteiger partial charge in [-0.15, -0.1) is 0 Å². The van der Waals surface area contributed by atoms with Crippen LogP contribution in [0.2, 0.25) is 0 Å². The maximum absolute atomic E-state index is 12.7. The molecule has 0 radical (unpaired) electrons. The molecule has 3 heterocycles. The minimum absolute atomic E-state index is 0.0285. The van der Waals surface area contributed by atoms with Crippen LogP contribution in [0, 0.1) is 5.92 Å². The molecule has 1 aliphatic rings. The number of ether oxygens (including phenoxy) is 2. The highest BCUT2D eigenvalue weighted by atomic mass is 16.6. The fourth-order valence-corrected chi connectivity index (χ4v) is 3.80. The van der Waals surface area contributed by atoms with Crippen molar-refractivity contribution in [2.24, 2.45) is 5.92 Å². The monoisotopic (exact) mass is 443 g/mol. The van der Waals surface area contributed by atoms with Gasteiger partial charge in [-0.25, -0.2) is 19.7 Å². The highest BCUT2D eigenvalue weighted by Crippen LogP contribution is 2.34. The minimum Gasteiger partial charge on any atom is -0.454 e. The van der Waals surface area contributed by atoms with Gasteiger partial charge in [0.25, 0.3) is 5.91 Å². The van der Waals surface area contributed by atoms with Crippen LogP contribution in [-0.4, -0.2) is 44.1 Å². The summed E-state index contributed by atoms with van der Waals surface area (Å²) in [6, 6.07) is 17.7. The molecule has 4 aromatic rings. The van der Waals surface area contributed by atoms with Crippen LogP contribution in [0.5, 0.6) is 0 Å². The lowest BCUT2D eigenvalue weighted by atomic mass is 10.1. The van der Waals surface area contributed by atoms with Crippen molar-refractivity contribution in [3.05, 3.63) is 84.4 Å². The van der Waals surface area contributed by atoms with Crippen molar-refractivity contribution in [2.75, 3.05) is 11.9 Å². The molecule has 166 valence electrons. The Labute approximate surface area is 189 Å². The van der Waals surface area contributed by atoms with Crippen LogP contribution in [0.1, 0.15) is 33.9 Å². The Morgan fingerprint density at radius 1 is 1.00 bits per heavy atom. The lowest BCUT2D eigenvalue weighted by Crippen LogP contribution is -2.29. The Morgan fingerprint density at radius 3 is 2.42 bits per heavy atom. The molecule has 1 fully saturated rings. The van der Waals surface area contributed by atoms with Crippen molar-refractivity contribution in [3.8, 4) is 0 Å². The second kappa shape index (κ2) is 8.79. The van der Waals surface area contributed by atoms with Gasteiger partial charge in [0.1, 0.15) is 6.33 Å². The van der Waals surface area contributed by atoms with E-state index in [-0.39, 0.29) is 17.6 Å². The second-order valence-electron chi connectivity index (χ2n) is 7.80. The van der Waals surface area contributed by atoms with E-state index in [0.717, 1.165) is 0 Å². The molecule has 1 aliphatic heterocycles. The van der Waals surface area contributed by atoms with Crippen molar-refractivity contribution < 1.29 is 19.1 Å². The number of nitrogens with zero attached hydrogens (tertiary/aromatic N) is 4. The molecule has 9 nitrogen and oxygen atoms in total. The standard InChI is InChI=1S/C24H21N5O4/c1-15-12-32-23(19(15)33-24(31)17-10-6-3-7-11-17)29-14-27-18-20(25-13-26-21(18)29)28-22(30)16-8-4-2-5-9-16/h2-11,13-15,19,23H,12H2,1H3,(H,25,26,28,30)/t15-,19+,23+/m0/s1. The van der Waals surface area contributed by atoms with Crippen LogP contribution >= 0.6 is 0 Å². The molecule has 1 saturated heterocycles. The maximum atomic E-state index is 12.7. The Bertz CT molecular complexity index is 1290. The summed E-state index contributed by atoms with van der Waals surface area (Å²) < 4.78 is 13.5. The summed E-state index contributed by atoms with van der Waals surface area (Å²) in [5.74, 6) is -0.459. The van der Waals surface area contributed by atoms with E-state index >= 15 is 0 Å². The Hall–Kier alpha value is -4.11. The average Bonchev–Trinajstić information content (AvgIpc) is 3.44. The molecular formula is C24H21N5O4. The van der Waals surface area contributed by atoms with Gasteiger partial charge in [-0.1, -0.05) is 43.3 Å². The molecular weight excluding hydrogens is 422 g/mol. The average molecular weight is 443 g/mol. The van der Waals surface area contributed by atoms with Crippen molar-refractivity contribution >= 4 is 28.9 Å². The lowest BCUT2D eigenvalue weighted by molar-refractivity contribution is -0.0315. The summed E-state index contributed by atoms with van der Waals surface area (Å²) in [4.78, 5) is 38.2. The molecule has 3 atom stereocenters. The third-order valence-electron chi connectivity index (χ3n) is 5.53. The van der Waals surface area contributed by atoms with Gasteiger partial charge in [-0.3, -0.25) is 9.36 Å². The molecule has 9 heteroatoms. The number of carbonyl (C=O) groups excluding carboxylic acids is 2. The summed E-state index contributed by atoms with van der Waals surface area (Å²) in [5.41, 5.74) is 1.86. The largest absolute Gasteiger partial charge is 0.454 e. The fraction of sp³-hybridized carbons (Fsp3) is 0.208. The van der Waals surface area contributed by atoms with Crippen molar-refractivity contribution in [1.29, 1.82) is 0 Å². The number of carbonyl (C=O) groups is 2. The van der Waals surface area contributed by atoms with Crippen LogP contribution in [-0.2, 0) is 9.47 Å². The second-order valence-corrected chi connectivity index (χ2v) is 7.80. The quantitative estimate of drug-likeness (QED) is 0.471. The highest BCUT2D eigenvalue weighted by Gasteiger charge is 2.40. The van der Waals surface area contributed by atoms with Crippen molar-refractivity contribution in [2.45, 2.75) is 19.3 Å². The number of benzene rings is 2. The number of hydrogen-bond donors (Lipinski definition) is 1. The van der Waals surface area contributed by atoms with Gasteiger partial charge in [0.05, 0.1) is 18.5 Å². The van der Waals surface area contributed by atoms with E-state index in [0.29, 0.717) is 28.9 Å². The Morgan fingerprint density at radius 2 is 1.70 bits per heavy atom. The number of imidazole rings is 1. The molecule has 1 amide bonds. The van der Waals surface area contributed by atoms with Crippen LogP contribution in [0.3, 0.4) is 0 Å². The van der Waals surface area contributed by atoms with Crippen LogP contribution in [0.15, 0.2) is 73.3 Å². The number of fused-ring (bicyclic) bond motifs is 1. The number of aromatic nitrogens is 4. The van der Waals surface area contributed by atoms with E-state index in [1.807, 2.05) is 19.1 Å². The summed E-state index contributed by atoms with van der Waals surface area (Å²) in [7, 11) is 0. The van der Waals surface area contributed by atoms with E-state index in [2.05, 4.69) is 20.3 Å². The normalized spacial score (nSPS) is 20.0. The van der Waals surface area contributed by atoms with Gasteiger partial charge in [0, 0.05) is 11.5 Å². The van der Waals surface area contributed by atoms with Gasteiger partial charge in [0.15, 0.2) is 29.3 Å². The van der Waals surface area contributed by atoms with Gasteiger partial charge in [-0.05, 0) is 24.3 Å². The first-order chi connectivity index (χ1) is 16.1. The molecule has 0 bridgehead atoms. The van der Waals surface area contributed by atoms with Crippen LogP contribution in [0.25, 0.3) is 11.2 Å². The number of rotatable bonds is 5. The maximum Gasteiger partial charge on any atom is 0.338 e. The Kier molecular flexibility index (Phi) is 5.54. The summed E-state index contributed by atoms with van der Waals surface area (Å²) in [6.45, 7) is 2.38. The van der Waals surface area contributed by atoms with Gasteiger partial charge >= 0.3 is 5.97 Å². The number of nitrogens with one attached hydrogen (secondary N) is 1. The molecule has 0 aliphatic carbocycles. The first-order valence-corrected chi connectivity index (χ1v) is 10.5. The summed E-state index contributed by atoms with van der Waals surface area (Å²) in [6.07, 6.45) is 1.77. The third kappa shape index (κ3) is 4.06. The Balaban J connectivity index is 1.42. The first-order valence-electron chi connectivity index (χ1n) is 10.5. The molecule has 5 rings (SSSR count). The fourth-order valence-electron chi connectivity index (χ4n) is 3.80. The number of hydrogen-bond acceptors (Lipinski definition) is 7. The molecule has 33 heavy (non-hydrogen) atoms. The molecule has 2 aromatic carbocycles. The molecule has 1 N–H and O–H groups in total. The van der Waals surface area contributed by atoms with E-state index in [1.165, 1.54) is 6.33 Å². The molecule has 0 saturated carbocycles. The zero-order chi connectivity index (χ0) is 22.8.